The molecule has 2 aromatic rings. The van der Waals surface area contributed by atoms with Crippen LogP contribution in [0.5, 0.6) is 5.75 Å². The highest BCUT2D eigenvalue weighted by molar-refractivity contribution is 5.95. The number of rotatable bonds is 4. The van der Waals surface area contributed by atoms with Gasteiger partial charge in [-0.05, 0) is 36.2 Å². The van der Waals surface area contributed by atoms with Crippen LogP contribution in [0, 0.1) is 0 Å². The molecule has 136 valence electrons. The van der Waals surface area contributed by atoms with Crippen LogP contribution in [-0.4, -0.2) is 45.9 Å². The van der Waals surface area contributed by atoms with E-state index in [0.29, 0.717) is 31.6 Å². The fourth-order valence-electron chi connectivity index (χ4n) is 3.34. The number of carbonyl (C=O) groups excluding carboxylic acids is 2. The van der Waals surface area contributed by atoms with Crippen molar-refractivity contribution in [3.63, 3.8) is 0 Å². The van der Waals surface area contributed by atoms with Gasteiger partial charge in [0, 0.05) is 37.7 Å². The Hall–Kier alpha value is -2.82. The molecule has 1 unspecified atom stereocenters. The van der Waals surface area contributed by atoms with Crippen molar-refractivity contribution in [2.24, 2.45) is 0 Å². The maximum absolute atomic E-state index is 12.8. The third kappa shape index (κ3) is 4.04. The van der Waals surface area contributed by atoms with Crippen LogP contribution in [0.2, 0.25) is 0 Å². The molecule has 1 aliphatic rings. The molecule has 5 heteroatoms. The Morgan fingerprint density at radius 2 is 1.81 bits per heavy atom. The Morgan fingerprint density at radius 1 is 1.12 bits per heavy atom. The molecule has 5 nitrogen and oxygen atoms in total. The molecule has 26 heavy (non-hydrogen) atoms. The van der Waals surface area contributed by atoms with E-state index in [1.165, 1.54) is 12.1 Å². The van der Waals surface area contributed by atoms with Gasteiger partial charge in [0.05, 0.1) is 0 Å². The molecule has 0 spiro atoms. The minimum atomic E-state index is -0.0992. The van der Waals surface area contributed by atoms with E-state index in [2.05, 4.69) is 0 Å². The summed E-state index contributed by atoms with van der Waals surface area (Å²) in [5, 5.41) is 9.41. The minimum absolute atomic E-state index is 0.00808. The largest absolute Gasteiger partial charge is 0.508 e. The molecular formula is C21H24N2O3. The van der Waals surface area contributed by atoms with Gasteiger partial charge in [0.15, 0.2) is 0 Å². The number of nitrogens with zero attached hydrogens (tertiary/aromatic N) is 2. The standard InChI is InChI=1S/C21H24N2O3/c1-2-18-15-22(21(26)17-8-10-19(24)11-9-17)13-12-20(25)23(18)14-16-6-4-3-5-7-16/h3-11,18,24H,2,12-15H2,1H3. The van der Waals surface area contributed by atoms with Gasteiger partial charge in [0.2, 0.25) is 5.91 Å². The van der Waals surface area contributed by atoms with Crippen molar-refractivity contribution >= 4 is 11.8 Å². The molecule has 3 rings (SSSR count). The summed E-state index contributed by atoms with van der Waals surface area (Å²) < 4.78 is 0. The number of phenolic OH excluding ortho intramolecular Hbond substituents is 1. The van der Waals surface area contributed by atoms with Crippen molar-refractivity contribution in [2.75, 3.05) is 13.1 Å². The van der Waals surface area contributed by atoms with Crippen molar-refractivity contribution in [1.82, 2.24) is 9.80 Å². The molecule has 0 bridgehead atoms. The highest BCUT2D eigenvalue weighted by atomic mass is 16.3. The Balaban J connectivity index is 1.77. The normalized spacial score (nSPS) is 17.9. The third-order valence-electron chi connectivity index (χ3n) is 4.86. The molecule has 0 aromatic heterocycles. The van der Waals surface area contributed by atoms with Gasteiger partial charge in [-0.25, -0.2) is 0 Å². The number of hydrogen-bond donors (Lipinski definition) is 1. The maximum Gasteiger partial charge on any atom is 0.253 e. The Labute approximate surface area is 153 Å². The minimum Gasteiger partial charge on any atom is -0.508 e. The van der Waals surface area contributed by atoms with E-state index in [4.69, 9.17) is 0 Å². The first-order chi connectivity index (χ1) is 12.6. The molecule has 1 heterocycles. The molecule has 0 aliphatic carbocycles. The van der Waals surface area contributed by atoms with E-state index in [1.54, 1.807) is 17.0 Å². The van der Waals surface area contributed by atoms with Crippen LogP contribution in [0.4, 0.5) is 0 Å². The second-order valence-corrected chi connectivity index (χ2v) is 6.62. The summed E-state index contributed by atoms with van der Waals surface area (Å²) in [6.07, 6.45) is 1.12. The molecule has 1 saturated heterocycles. The van der Waals surface area contributed by atoms with Gasteiger partial charge in [-0.2, -0.15) is 0 Å². The van der Waals surface area contributed by atoms with E-state index in [0.717, 1.165) is 12.0 Å². The molecule has 2 aromatic carbocycles. The monoisotopic (exact) mass is 352 g/mol. The summed E-state index contributed by atoms with van der Waals surface area (Å²) in [4.78, 5) is 29.2. The summed E-state index contributed by atoms with van der Waals surface area (Å²) in [7, 11) is 0. The average Bonchev–Trinajstić information content (AvgIpc) is 2.82. The summed E-state index contributed by atoms with van der Waals surface area (Å²) >= 11 is 0. The van der Waals surface area contributed by atoms with Crippen LogP contribution in [-0.2, 0) is 11.3 Å². The Morgan fingerprint density at radius 3 is 2.46 bits per heavy atom. The highest BCUT2D eigenvalue weighted by Crippen LogP contribution is 2.20. The maximum atomic E-state index is 12.8. The number of aromatic hydroxyl groups is 1. The lowest BCUT2D eigenvalue weighted by Crippen LogP contribution is -2.43. The van der Waals surface area contributed by atoms with E-state index in [1.807, 2.05) is 42.2 Å². The zero-order valence-electron chi connectivity index (χ0n) is 15.0. The lowest BCUT2D eigenvalue weighted by Gasteiger charge is -2.31. The fraction of sp³-hybridized carbons (Fsp3) is 0.333. The number of phenols is 1. The van der Waals surface area contributed by atoms with Crippen LogP contribution in [0.3, 0.4) is 0 Å². The Kier molecular flexibility index (Phi) is 5.56. The zero-order valence-corrected chi connectivity index (χ0v) is 15.0. The molecule has 1 fully saturated rings. The number of benzene rings is 2. The lowest BCUT2D eigenvalue weighted by atomic mass is 10.1. The van der Waals surface area contributed by atoms with Crippen LogP contribution < -0.4 is 0 Å². The smallest absolute Gasteiger partial charge is 0.253 e. The predicted octanol–water partition coefficient (Wildman–Crippen LogP) is 3.05. The van der Waals surface area contributed by atoms with Crippen LogP contribution in [0.1, 0.15) is 35.7 Å². The predicted molar refractivity (Wildman–Crippen MR) is 99.7 cm³/mol. The lowest BCUT2D eigenvalue weighted by molar-refractivity contribution is -0.133. The van der Waals surface area contributed by atoms with Gasteiger partial charge in [-0.1, -0.05) is 37.3 Å². The Bertz CT molecular complexity index is 759. The van der Waals surface area contributed by atoms with Gasteiger partial charge in [0.1, 0.15) is 5.75 Å². The second kappa shape index (κ2) is 8.04. The molecule has 0 radical (unpaired) electrons. The van der Waals surface area contributed by atoms with E-state index >= 15 is 0 Å². The van der Waals surface area contributed by atoms with Crippen LogP contribution >= 0.6 is 0 Å². The summed E-state index contributed by atoms with van der Waals surface area (Å²) in [5.41, 5.74) is 1.62. The van der Waals surface area contributed by atoms with Crippen molar-refractivity contribution in [3.8, 4) is 5.75 Å². The number of hydrogen-bond acceptors (Lipinski definition) is 3. The summed E-state index contributed by atoms with van der Waals surface area (Å²) in [5.74, 6) is 0.118. The number of carbonyl (C=O) groups is 2. The van der Waals surface area contributed by atoms with Crippen molar-refractivity contribution < 1.29 is 14.7 Å². The van der Waals surface area contributed by atoms with E-state index in [9.17, 15) is 14.7 Å². The summed E-state index contributed by atoms with van der Waals surface area (Å²) in [6.45, 7) is 3.55. The fourth-order valence-corrected chi connectivity index (χ4v) is 3.34. The molecule has 1 aliphatic heterocycles. The van der Waals surface area contributed by atoms with Crippen molar-refractivity contribution in [3.05, 3.63) is 65.7 Å². The van der Waals surface area contributed by atoms with Crippen LogP contribution in [0.15, 0.2) is 54.6 Å². The van der Waals surface area contributed by atoms with Gasteiger partial charge >= 0.3 is 0 Å². The van der Waals surface area contributed by atoms with Gasteiger partial charge in [0.25, 0.3) is 5.91 Å². The van der Waals surface area contributed by atoms with Gasteiger partial charge < -0.3 is 14.9 Å². The third-order valence-corrected chi connectivity index (χ3v) is 4.86. The van der Waals surface area contributed by atoms with Crippen molar-refractivity contribution in [1.29, 1.82) is 0 Å². The quantitative estimate of drug-likeness (QED) is 0.920. The first-order valence-corrected chi connectivity index (χ1v) is 9.00. The van der Waals surface area contributed by atoms with E-state index < -0.39 is 0 Å². The first kappa shape index (κ1) is 18.0. The summed E-state index contributed by atoms with van der Waals surface area (Å²) in [6, 6.07) is 16.2. The number of amides is 2. The van der Waals surface area contributed by atoms with Crippen molar-refractivity contribution in [2.45, 2.75) is 32.4 Å². The van der Waals surface area contributed by atoms with Gasteiger partial charge in [-0.3, -0.25) is 9.59 Å². The highest BCUT2D eigenvalue weighted by Gasteiger charge is 2.31. The average molecular weight is 352 g/mol. The van der Waals surface area contributed by atoms with E-state index in [-0.39, 0.29) is 23.6 Å². The molecular weight excluding hydrogens is 328 g/mol. The second-order valence-electron chi connectivity index (χ2n) is 6.62. The molecule has 2 amide bonds. The van der Waals surface area contributed by atoms with Crippen LogP contribution in [0.25, 0.3) is 0 Å². The first-order valence-electron chi connectivity index (χ1n) is 9.00. The zero-order chi connectivity index (χ0) is 18.5. The molecule has 1 N–H and O–H groups in total. The topological polar surface area (TPSA) is 60.9 Å². The SMILES string of the molecule is CCC1CN(C(=O)c2ccc(O)cc2)CCC(=O)N1Cc1ccccc1. The molecule has 1 atom stereocenters. The molecule has 0 saturated carbocycles. The van der Waals surface area contributed by atoms with Gasteiger partial charge in [-0.15, -0.1) is 0 Å².